The molecule has 0 spiro atoms. The molecule has 4 rings (SSSR count). The van der Waals surface area contributed by atoms with Crippen LogP contribution in [0.15, 0.2) is 30.6 Å². The number of anilines is 1. The van der Waals surface area contributed by atoms with E-state index in [9.17, 15) is 5.26 Å². The lowest BCUT2D eigenvalue weighted by molar-refractivity contribution is 0.395. The van der Waals surface area contributed by atoms with Gasteiger partial charge in [0.05, 0.1) is 30.1 Å². The third-order valence-corrected chi connectivity index (χ3v) is 4.94. The van der Waals surface area contributed by atoms with E-state index in [0.717, 1.165) is 41.8 Å². The van der Waals surface area contributed by atoms with Crippen molar-refractivity contribution in [2.45, 2.75) is 12.5 Å². The number of fused-ring (bicyclic) bond motifs is 1. The Hall–Kier alpha value is -3.11. The monoisotopic (exact) mass is 348 g/mol. The average Bonchev–Trinajstić information content (AvgIpc) is 3.36. The number of benzene rings is 1. The van der Waals surface area contributed by atoms with E-state index in [2.05, 4.69) is 31.2 Å². The van der Waals surface area contributed by atoms with Crippen molar-refractivity contribution in [3.63, 3.8) is 0 Å². The van der Waals surface area contributed by atoms with Gasteiger partial charge in [-0.05, 0) is 19.0 Å². The van der Waals surface area contributed by atoms with Gasteiger partial charge in [0.2, 0.25) is 0 Å². The van der Waals surface area contributed by atoms with Crippen LogP contribution in [0.4, 0.5) is 5.82 Å². The summed E-state index contributed by atoms with van der Waals surface area (Å²) >= 11 is 0. The number of methoxy groups -OCH3 is 1. The molecule has 7 nitrogen and oxygen atoms in total. The Balaban J connectivity index is 1.76. The molecule has 3 heterocycles. The van der Waals surface area contributed by atoms with Crippen molar-refractivity contribution in [2.24, 2.45) is 0 Å². The van der Waals surface area contributed by atoms with Crippen molar-refractivity contribution in [1.82, 2.24) is 20.3 Å². The number of H-pyrrole nitrogens is 1. The Morgan fingerprint density at radius 3 is 3.00 bits per heavy atom. The summed E-state index contributed by atoms with van der Waals surface area (Å²) in [7, 11) is 3.63. The average molecular weight is 348 g/mol. The number of nitriles is 1. The zero-order valence-corrected chi connectivity index (χ0v) is 14.8. The first-order valence-corrected chi connectivity index (χ1v) is 8.58. The second kappa shape index (κ2) is 6.65. The molecular formula is C19H20N6O. The molecule has 7 heteroatoms. The largest absolute Gasteiger partial charge is 0.478 e. The third-order valence-electron chi connectivity index (χ3n) is 4.94. The number of para-hydroxylation sites is 1. The van der Waals surface area contributed by atoms with Crippen molar-refractivity contribution in [1.29, 1.82) is 5.26 Å². The van der Waals surface area contributed by atoms with Gasteiger partial charge in [-0.3, -0.25) is 0 Å². The smallest absolute Gasteiger partial charge is 0.257 e. The summed E-state index contributed by atoms with van der Waals surface area (Å²) < 4.78 is 5.52. The maximum absolute atomic E-state index is 9.27. The fourth-order valence-corrected chi connectivity index (χ4v) is 3.48. The Morgan fingerprint density at radius 1 is 1.38 bits per heavy atom. The molecule has 0 saturated carbocycles. The zero-order valence-electron chi connectivity index (χ0n) is 14.8. The molecule has 2 aromatic heterocycles. The number of ether oxygens (including phenoxy) is 1. The number of likely N-dealkylation sites (N-methyl/N-ethyl adjacent to an activating group) is 1. The number of hydrogen-bond donors (Lipinski definition) is 2. The molecule has 132 valence electrons. The van der Waals surface area contributed by atoms with E-state index in [1.54, 1.807) is 19.4 Å². The summed E-state index contributed by atoms with van der Waals surface area (Å²) in [4.78, 5) is 14.6. The number of nitrogens with zero attached hydrogens (tertiary/aromatic N) is 4. The van der Waals surface area contributed by atoms with Crippen molar-refractivity contribution in [3.8, 4) is 23.2 Å². The summed E-state index contributed by atoms with van der Waals surface area (Å²) in [6.45, 7) is 1.95. The van der Waals surface area contributed by atoms with Gasteiger partial charge in [-0.1, -0.05) is 12.1 Å². The van der Waals surface area contributed by atoms with Crippen LogP contribution in [-0.2, 0) is 0 Å². The van der Waals surface area contributed by atoms with Gasteiger partial charge in [-0.25, -0.2) is 9.97 Å². The summed E-state index contributed by atoms with van der Waals surface area (Å²) in [5.41, 5.74) is 3.03. The van der Waals surface area contributed by atoms with Crippen molar-refractivity contribution >= 4 is 16.7 Å². The molecule has 26 heavy (non-hydrogen) atoms. The lowest BCUT2D eigenvalue weighted by Gasteiger charge is -2.25. The number of aromatic amines is 1. The van der Waals surface area contributed by atoms with Gasteiger partial charge in [0.1, 0.15) is 6.07 Å². The van der Waals surface area contributed by atoms with E-state index < -0.39 is 0 Å². The molecule has 1 saturated heterocycles. The van der Waals surface area contributed by atoms with Crippen LogP contribution in [-0.4, -0.2) is 48.2 Å². The zero-order chi connectivity index (χ0) is 18.1. The lowest BCUT2D eigenvalue weighted by atomic mass is 10.1. The topological polar surface area (TPSA) is 89.9 Å². The molecule has 0 bridgehead atoms. The molecule has 0 amide bonds. The molecule has 1 aromatic carbocycles. The van der Waals surface area contributed by atoms with Gasteiger partial charge in [0, 0.05) is 36.8 Å². The first kappa shape index (κ1) is 16.4. The van der Waals surface area contributed by atoms with Gasteiger partial charge in [0.25, 0.3) is 5.88 Å². The van der Waals surface area contributed by atoms with Crippen molar-refractivity contribution in [3.05, 3.63) is 36.2 Å². The van der Waals surface area contributed by atoms with Crippen molar-refractivity contribution in [2.75, 3.05) is 32.1 Å². The highest BCUT2D eigenvalue weighted by atomic mass is 16.5. The van der Waals surface area contributed by atoms with Crippen LogP contribution in [0.3, 0.4) is 0 Å². The normalized spacial score (nSPS) is 16.6. The van der Waals surface area contributed by atoms with E-state index in [0.29, 0.717) is 23.2 Å². The van der Waals surface area contributed by atoms with Gasteiger partial charge in [-0.2, -0.15) is 5.26 Å². The SMILES string of the molecule is COc1nc(-c2c[nH]c3c(C#N)cccc23)cnc1N(C)C1CCNC1. The third kappa shape index (κ3) is 2.65. The molecule has 1 aliphatic rings. The van der Waals surface area contributed by atoms with E-state index in [1.807, 2.05) is 25.4 Å². The number of nitrogens with one attached hydrogen (secondary N) is 2. The predicted molar refractivity (Wildman–Crippen MR) is 100 cm³/mol. The molecular weight excluding hydrogens is 328 g/mol. The molecule has 1 unspecified atom stereocenters. The molecule has 0 radical (unpaired) electrons. The van der Waals surface area contributed by atoms with Crippen LogP contribution >= 0.6 is 0 Å². The Morgan fingerprint density at radius 2 is 2.27 bits per heavy atom. The molecule has 2 N–H and O–H groups in total. The van der Waals surface area contributed by atoms with Crippen LogP contribution in [0.25, 0.3) is 22.2 Å². The highest BCUT2D eigenvalue weighted by Gasteiger charge is 2.24. The van der Waals surface area contributed by atoms with Gasteiger partial charge < -0.3 is 19.9 Å². The maximum atomic E-state index is 9.27. The molecule has 1 aliphatic heterocycles. The number of rotatable bonds is 4. The Kier molecular flexibility index (Phi) is 4.19. The summed E-state index contributed by atoms with van der Waals surface area (Å²) in [5, 5.41) is 13.6. The first-order valence-electron chi connectivity index (χ1n) is 8.58. The standard InChI is InChI=1S/C19H20N6O/c1-25(13-6-7-21-9-13)18-19(26-2)24-16(11-23-18)15-10-22-17-12(8-20)4-3-5-14(15)17/h3-5,10-11,13,21-22H,6-7,9H2,1-2H3. The summed E-state index contributed by atoms with van der Waals surface area (Å²) in [5.74, 6) is 1.24. The van der Waals surface area contributed by atoms with E-state index >= 15 is 0 Å². The van der Waals surface area contributed by atoms with Gasteiger partial charge in [0.15, 0.2) is 5.82 Å². The maximum Gasteiger partial charge on any atom is 0.257 e. The van der Waals surface area contributed by atoms with E-state index in [-0.39, 0.29) is 0 Å². The van der Waals surface area contributed by atoms with Crippen LogP contribution in [0, 0.1) is 11.3 Å². The van der Waals surface area contributed by atoms with Gasteiger partial charge >= 0.3 is 0 Å². The fraction of sp³-hybridized carbons (Fsp3) is 0.316. The van der Waals surface area contributed by atoms with Crippen LogP contribution in [0.5, 0.6) is 5.88 Å². The molecule has 0 aliphatic carbocycles. The summed E-state index contributed by atoms with van der Waals surface area (Å²) in [6, 6.07) is 8.23. The second-order valence-electron chi connectivity index (χ2n) is 6.39. The van der Waals surface area contributed by atoms with Crippen LogP contribution in [0.2, 0.25) is 0 Å². The van der Waals surface area contributed by atoms with Crippen molar-refractivity contribution < 1.29 is 4.74 Å². The number of hydrogen-bond acceptors (Lipinski definition) is 6. The Bertz CT molecular complexity index is 983. The minimum absolute atomic E-state index is 0.385. The Labute approximate surface area is 151 Å². The molecule has 1 fully saturated rings. The highest BCUT2D eigenvalue weighted by molar-refractivity contribution is 5.97. The minimum Gasteiger partial charge on any atom is -0.478 e. The van der Waals surface area contributed by atoms with Crippen LogP contribution < -0.4 is 15.0 Å². The lowest BCUT2D eigenvalue weighted by Crippen LogP contribution is -2.34. The predicted octanol–water partition coefficient (Wildman–Crippen LogP) is 2.30. The fourth-order valence-electron chi connectivity index (χ4n) is 3.48. The van der Waals surface area contributed by atoms with E-state index in [4.69, 9.17) is 4.74 Å². The number of aromatic nitrogens is 3. The summed E-state index contributed by atoms with van der Waals surface area (Å²) in [6.07, 6.45) is 4.69. The quantitative estimate of drug-likeness (QED) is 0.752. The molecule has 1 atom stereocenters. The molecule has 3 aromatic rings. The second-order valence-corrected chi connectivity index (χ2v) is 6.39. The van der Waals surface area contributed by atoms with Gasteiger partial charge in [-0.15, -0.1) is 0 Å². The van der Waals surface area contributed by atoms with E-state index in [1.165, 1.54) is 0 Å². The highest BCUT2D eigenvalue weighted by Crippen LogP contribution is 2.32. The minimum atomic E-state index is 0.385. The first-order chi connectivity index (χ1) is 12.7. The van der Waals surface area contributed by atoms with Crippen LogP contribution in [0.1, 0.15) is 12.0 Å².